The van der Waals surface area contributed by atoms with Crippen molar-refractivity contribution in [2.75, 3.05) is 0 Å². The Labute approximate surface area is 241 Å². The summed E-state index contributed by atoms with van der Waals surface area (Å²) in [6.07, 6.45) is 12.5. The molecule has 0 saturated heterocycles. The van der Waals surface area contributed by atoms with Gasteiger partial charge < -0.3 is 5.11 Å². The molecule has 42 heavy (non-hydrogen) atoms. The lowest BCUT2D eigenvalue weighted by atomic mass is 9.87. The van der Waals surface area contributed by atoms with Gasteiger partial charge in [-0.3, -0.25) is 14.1 Å². The van der Waals surface area contributed by atoms with Crippen LogP contribution in [0.25, 0.3) is 38.9 Å². The highest BCUT2D eigenvalue weighted by atomic mass is 19.1. The van der Waals surface area contributed by atoms with Crippen LogP contribution in [0.3, 0.4) is 0 Å². The fourth-order valence-corrected chi connectivity index (χ4v) is 6.00. The van der Waals surface area contributed by atoms with Gasteiger partial charge in [0, 0.05) is 52.3 Å². The number of imidazole rings is 1. The van der Waals surface area contributed by atoms with Crippen LogP contribution in [0.5, 0.6) is 0 Å². The molecule has 0 radical (unpaired) electrons. The number of carboxylic acid groups (broad SMARTS) is 1. The number of carboxylic acids is 1. The van der Waals surface area contributed by atoms with Gasteiger partial charge in [0.25, 0.3) is 0 Å². The lowest BCUT2D eigenvalue weighted by molar-refractivity contribution is -0.144. The van der Waals surface area contributed by atoms with E-state index in [4.69, 9.17) is 0 Å². The highest BCUT2D eigenvalue weighted by Gasteiger charge is 2.48. The molecular weight excluding hydrogens is 531 g/mol. The Kier molecular flexibility index (Phi) is 5.76. The minimum absolute atomic E-state index is 0.153. The van der Waals surface area contributed by atoms with Crippen molar-refractivity contribution >= 4 is 22.6 Å². The molecular formula is C33H29FN6O2. The van der Waals surface area contributed by atoms with Crippen molar-refractivity contribution in [2.45, 2.75) is 45.1 Å². The number of nitrogens with zero attached hydrogens (tertiary/aromatic N) is 6. The minimum atomic E-state index is -0.986. The lowest BCUT2D eigenvalue weighted by Gasteiger charge is -2.27. The minimum Gasteiger partial charge on any atom is -0.480 e. The van der Waals surface area contributed by atoms with Crippen LogP contribution >= 0.6 is 0 Å². The predicted molar refractivity (Wildman–Crippen MR) is 157 cm³/mol. The van der Waals surface area contributed by atoms with Gasteiger partial charge in [0.2, 0.25) is 5.78 Å². The number of hydrogen-bond acceptors (Lipinski definition) is 5. The largest absolute Gasteiger partial charge is 0.480 e. The van der Waals surface area contributed by atoms with Crippen LogP contribution in [0, 0.1) is 11.2 Å². The Bertz CT molecular complexity index is 2000. The Balaban J connectivity index is 1.23. The van der Waals surface area contributed by atoms with Crippen molar-refractivity contribution in [3.8, 4) is 22.3 Å². The maximum Gasteiger partial charge on any atom is 0.329 e. The molecule has 1 N–H and O–H groups in total. The average Bonchev–Trinajstić information content (AvgIpc) is 3.43. The number of hydrogen-bond donors (Lipinski definition) is 1. The fourth-order valence-electron chi connectivity index (χ4n) is 6.00. The molecule has 2 aromatic carbocycles. The third kappa shape index (κ3) is 4.24. The van der Waals surface area contributed by atoms with E-state index < -0.39 is 23.2 Å². The van der Waals surface area contributed by atoms with E-state index in [1.807, 2.05) is 49.7 Å². The number of fused-ring (bicyclic) bond motifs is 2. The number of benzene rings is 2. The zero-order valence-corrected chi connectivity index (χ0v) is 23.5. The third-order valence-corrected chi connectivity index (χ3v) is 8.29. The van der Waals surface area contributed by atoms with E-state index in [0.29, 0.717) is 22.5 Å². The molecule has 4 aromatic heterocycles. The van der Waals surface area contributed by atoms with Crippen LogP contribution in [0.4, 0.5) is 4.39 Å². The van der Waals surface area contributed by atoms with Gasteiger partial charge in [0.1, 0.15) is 5.82 Å². The summed E-state index contributed by atoms with van der Waals surface area (Å²) in [6, 6.07) is 14.6. The van der Waals surface area contributed by atoms with Gasteiger partial charge in [0.05, 0.1) is 23.6 Å². The van der Waals surface area contributed by atoms with Gasteiger partial charge in [-0.1, -0.05) is 45.0 Å². The Morgan fingerprint density at radius 1 is 0.952 bits per heavy atom. The van der Waals surface area contributed by atoms with Crippen LogP contribution in [0.2, 0.25) is 0 Å². The van der Waals surface area contributed by atoms with Crippen LogP contribution < -0.4 is 0 Å². The van der Waals surface area contributed by atoms with Crippen LogP contribution in [0.1, 0.15) is 50.9 Å². The van der Waals surface area contributed by atoms with E-state index in [9.17, 15) is 9.90 Å². The summed E-state index contributed by atoms with van der Waals surface area (Å²) in [5, 5.41) is 15.1. The smallest absolute Gasteiger partial charge is 0.329 e. The SMILES string of the molecule is CC(C)(C)C(C(=O)O)n1cc(-c2ccc(-c3cnc4ncc(C5(c6ccc7ncccc7c6)CC5)n4c3)cc2F)cn1. The van der Waals surface area contributed by atoms with Gasteiger partial charge in [-0.15, -0.1) is 0 Å². The molecule has 0 bridgehead atoms. The Morgan fingerprint density at radius 2 is 1.76 bits per heavy atom. The maximum absolute atomic E-state index is 15.5. The zero-order chi connectivity index (χ0) is 29.2. The van der Waals surface area contributed by atoms with Crippen molar-refractivity contribution in [3.05, 3.63) is 103 Å². The molecule has 1 fully saturated rings. The molecule has 6 aromatic rings. The van der Waals surface area contributed by atoms with E-state index in [2.05, 4.69) is 44.3 Å². The molecule has 1 aliphatic rings. The topological polar surface area (TPSA) is 98.2 Å². The zero-order valence-electron chi connectivity index (χ0n) is 23.5. The first-order valence-corrected chi connectivity index (χ1v) is 13.9. The second-order valence-electron chi connectivity index (χ2n) is 12.2. The quantitative estimate of drug-likeness (QED) is 0.243. The number of halogens is 1. The van der Waals surface area contributed by atoms with Gasteiger partial charge in [-0.25, -0.2) is 19.2 Å². The highest BCUT2D eigenvalue weighted by Crippen LogP contribution is 2.53. The van der Waals surface area contributed by atoms with Crippen LogP contribution in [-0.2, 0) is 10.2 Å². The molecule has 4 heterocycles. The molecule has 0 aliphatic heterocycles. The molecule has 1 unspecified atom stereocenters. The highest BCUT2D eigenvalue weighted by molar-refractivity contribution is 5.80. The van der Waals surface area contributed by atoms with Crippen molar-refractivity contribution in [3.63, 3.8) is 0 Å². The monoisotopic (exact) mass is 560 g/mol. The Hall–Kier alpha value is -4.92. The first kappa shape index (κ1) is 26.0. The second-order valence-corrected chi connectivity index (χ2v) is 12.2. The predicted octanol–water partition coefficient (Wildman–Crippen LogP) is 6.70. The number of rotatable bonds is 6. The van der Waals surface area contributed by atoms with Gasteiger partial charge in [-0.2, -0.15) is 5.10 Å². The second kappa shape index (κ2) is 9.30. The summed E-state index contributed by atoms with van der Waals surface area (Å²) in [5.74, 6) is -0.816. The molecule has 0 amide bonds. The summed E-state index contributed by atoms with van der Waals surface area (Å²) in [6.45, 7) is 5.51. The summed E-state index contributed by atoms with van der Waals surface area (Å²) in [5.41, 5.74) is 4.84. The summed E-state index contributed by atoms with van der Waals surface area (Å²) in [7, 11) is 0. The molecule has 1 aliphatic carbocycles. The molecule has 210 valence electrons. The number of carbonyl (C=O) groups is 1. The molecule has 1 saturated carbocycles. The van der Waals surface area contributed by atoms with E-state index in [-0.39, 0.29) is 5.41 Å². The van der Waals surface area contributed by atoms with Crippen molar-refractivity contribution in [2.24, 2.45) is 5.41 Å². The van der Waals surface area contributed by atoms with Crippen LogP contribution in [0.15, 0.2) is 85.7 Å². The number of aliphatic carboxylic acids is 1. The molecule has 8 nitrogen and oxygen atoms in total. The summed E-state index contributed by atoms with van der Waals surface area (Å²) < 4.78 is 18.9. The van der Waals surface area contributed by atoms with E-state index in [1.165, 1.54) is 22.5 Å². The Morgan fingerprint density at radius 3 is 2.50 bits per heavy atom. The van der Waals surface area contributed by atoms with Gasteiger partial charge >= 0.3 is 5.97 Å². The molecule has 9 heteroatoms. The van der Waals surface area contributed by atoms with Crippen molar-refractivity contribution < 1.29 is 14.3 Å². The number of pyridine rings is 1. The van der Waals surface area contributed by atoms with Gasteiger partial charge in [0.15, 0.2) is 6.04 Å². The maximum atomic E-state index is 15.5. The standard InChI is InChI=1S/C33H29FN6O2/c1-32(2,3)29(30(41)42)40-19-23(16-38-40)25-8-6-20(14-26(25)34)22-15-36-31-37-17-28(39(31)18-22)33(10-11-33)24-7-9-27-21(13-24)5-4-12-35-27/h4-9,12-19,29H,10-11H2,1-3H3,(H,41,42). The fraction of sp³-hybridized carbons (Fsp3) is 0.242. The molecule has 1 atom stereocenters. The number of aromatic nitrogens is 6. The summed E-state index contributed by atoms with van der Waals surface area (Å²) in [4.78, 5) is 25.5. The van der Waals surface area contributed by atoms with Gasteiger partial charge in [-0.05, 0) is 53.6 Å². The van der Waals surface area contributed by atoms with Crippen LogP contribution in [-0.4, -0.2) is 40.2 Å². The van der Waals surface area contributed by atoms with E-state index in [1.54, 1.807) is 24.7 Å². The summed E-state index contributed by atoms with van der Waals surface area (Å²) >= 11 is 0. The molecule has 7 rings (SSSR count). The normalized spacial score (nSPS) is 15.2. The lowest BCUT2D eigenvalue weighted by Crippen LogP contribution is -2.31. The first-order valence-electron chi connectivity index (χ1n) is 13.9. The molecule has 0 spiro atoms. The van der Waals surface area contributed by atoms with Crippen molar-refractivity contribution in [1.29, 1.82) is 0 Å². The first-order chi connectivity index (χ1) is 20.1. The third-order valence-electron chi connectivity index (χ3n) is 8.29. The average molecular weight is 561 g/mol. The van der Waals surface area contributed by atoms with E-state index in [0.717, 1.165) is 35.0 Å². The van der Waals surface area contributed by atoms with E-state index >= 15 is 4.39 Å². The van der Waals surface area contributed by atoms with Crippen molar-refractivity contribution in [1.82, 2.24) is 29.1 Å².